The van der Waals surface area contributed by atoms with Gasteiger partial charge in [-0.15, -0.1) is 10.2 Å². The molecule has 1 aliphatic carbocycles. The standard InChI is InChI=1S/C9H16N4/c1-13-8(5-6-10)11-12-9(13)7-3-2-4-7/h7H,2-6,10H2,1H3. The molecule has 2 N–H and O–H groups in total. The zero-order chi connectivity index (χ0) is 9.26. The Kier molecular flexibility index (Phi) is 2.31. The quantitative estimate of drug-likeness (QED) is 0.740. The van der Waals surface area contributed by atoms with Gasteiger partial charge >= 0.3 is 0 Å². The maximum Gasteiger partial charge on any atom is 0.135 e. The lowest BCUT2D eigenvalue weighted by Gasteiger charge is -2.24. The third-order valence-corrected chi connectivity index (χ3v) is 2.84. The zero-order valence-corrected chi connectivity index (χ0v) is 8.03. The molecule has 1 aromatic heterocycles. The predicted octanol–water partition coefficient (Wildman–Crippen LogP) is 0.584. The number of hydrogen-bond acceptors (Lipinski definition) is 3. The third-order valence-electron chi connectivity index (χ3n) is 2.84. The smallest absolute Gasteiger partial charge is 0.135 e. The van der Waals surface area contributed by atoms with Crippen LogP contribution in [-0.4, -0.2) is 21.3 Å². The molecule has 0 aromatic carbocycles. The molecular weight excluding hydrogens is 164 g/mol. The average molecular weight is 180 g/mol. The number of hydrogen-bond donors (Lipinski definition) is 1. The second-order valence-corrected chi connectivity index (χ2v) is 3.70. The minimum atomic E-state index is 0.649. The highest BCUT2D eigenvalue weighted by Crippen LogP contribution is 2.34. The van der Waals surface area contributed by atoms with Gasteiger partial charge in [-0.1, -0.05) is 6.42 Å². The van der Waals surface area contributed by atoms with E-state index in [9.17, 15) is 0 Å². The Balaban J connectivity index is 2.17. The van der Waals surface area contributed by atoms with E-state index >= 15 is 0 Å². The van der Waals surface area contributed by atoms with Gasteiger partial charge in [0.05, 0.1) is 0 Å². The molecule has 0 bridgehead atoms. The van der Waals surface area contributed by atoms with Crippen molar-refractivity contribution in [1.29, 1.82) is 0 Å². The van der Waals surface area contributed by atoms with E-state index in [2.05, 4.69) is 14.8 Å². The molecule has 0 amide bonds. The summed E-state index contributed by atoms with van der Waals surface area (Å²) in [4.78, 5) is 0. The second-order valence-electron chi connectivity index (χ2n) is 3.70. The van der Waals surface area contributed by atoms with Crippen molar-refractivity contribution >= 4 is 0 Å². The van der Waals surface area contributed by atoms with Crippen LogP contribution in [-0.2, 0) is 13.5 Å². The molecule has 1 aliphatic rings. The Morgan fingerprint density at radius 2 is 2.23 bits per heavy atom. The Bertz CT molecular complexity index is 288. The van der Waals surface area contributed by atoms with Crippen LogP contribution in [0.5, 0.6) is 0 Å². The number of rotatable bonds is 3. The summed E-state index contributed by atoms with van der Waals surface area (Å²) in [5, 5.41) is 8.36. The van der Waals surface area contributed by atoms with E-state index in [4.69, 9.17) is 5.73 Å². The van der Waals surface area contributed by atoms with Crippen LogP contribution >= 0.6 is 0 Å². The highest BCUT2D eigenvalue weighted by atomic mass is 15.3. The van der Waals surface area contributed by atoms with Crippen LogP contribution in [0, 0.1) is 0 Å². The van der Waals surface area contributed by atoms with Gasteiger partial charge in [-0.3, -0.25) is 0 Å². The summed E-state index contributed by atoms with van der Waals surface area (Å²) in [7, 11) is 2.04. The van der Waals surface area contributed by atoms with E-state index in [1.54, 1.807) is 0 Å². The van der Waals surface area contributed by atoms with Crippen molar-refractivity contribution < 1.29 is 0 Å². The minimum absolute atomic E-state index is 0.649. The van der Waals surface area contributed by atoms with Gasteiger partial charge in [-0.25, -0.2) is 0 Å². The van der Waals surface area contributed by atoms with Crippen molar-refractivity contribution in [2.45, 2.75) is 31.6 Å². The molecule has 0 atom stereocenters. The third kappa shape index (κ3) is 1.46. The highest BCUT2D eigenvalue weighted by molar-refractivity contribution is 5.04. The molecule has 2 rings (SSSR count). The largest absolute Gasteiger partial charge is 0.330 e. The molecule has 1 heterocycles. The first-order valence-corrected chi connectivity index (χ1v) is 4.91. The normalized spacial score (nSPS) is 17.4. The summed E-state index contributed by atoms with van der Waals surface area (Å²) < 4.78 is 2.11. The molecule has 0 radical (unpaired) electrons. The van der Waals surface area contributed by atoms with Crippen molar-refractivity contribution in [2.75, 3.05) is 6.54 Å². The van der Waals surface area contributed by atoms with E-state index in [0.29, 0.717) is 12.5 Å². The fourth-order valence-corrected chi connectivity index (χ4v) is 1.74. The molecule has 1 saturated carbocycles. The van der Waals surface area contributed by atoms with Crippen LogP contribution in [0.3, 0.4) is 0 Å². The van der Waals surface area contributed by atoms with Crippen molar-refractivity contribution in [3.05, 3.63) is 11.6 Å². The lowest BCUT2D eigenvalue weighted by Crippen LogP contribution is -2.15. The Morgan fingerprint density at radius 3 is 2.77 bits per heavy atom. The molecule has 0 saturated heterocycles. The van der Waals surface area contributed by atoms with Gasteiger partial charge in [0.2, 0.25) is 0 Å². The summed E-state index contributed by atoms with van der Waals surface area (Å²) >= 11 is 0. The summed E-state index contributed by atoms with van der Waals surface area (Å²) in [6.45, 7) is 0.649. The van der Waals surface area contributed by atoms with Crippen molar-refractivity contribution in [2.24, 2.45) is 12.8 Å². The Labute approximate surface area is 78.1 Å². The fourth-order valence-electron chi connectivity index (χ4n) is 1.74. The van der Waals surface area contributed by atoms with Crippen molar-refractivity contribution in [1.82, 2.24) is 14.8 Å². The molecule has 1 fully saturated rings. The van der Waals surface area contributed by atoms with Crippen LogP contribution in [0.4, 0.5) is 0 Å². The van der Waals surface area contributed by atoms with Gasteiger partial charge in [-0.05, 0) is 19.4 Å². The molecule has 13 heavy (non-hydrogen) atoms. The van der Waals surface area contributed by atoms with Gasteiger partial charge in [0, 0.05) is 19.4 Å². The van der Waals surface area contributed by atoms with E-state index < -0.39 is 0 Å². The molecule has 0 aliphatic heterocycles. The molecule has 1 aromatic rings. The zero-order valence-electron chi connectivity index (χ0n) is 8.03. The minimum Gasteiger partial charge on any atom is -0.330 e. The number of nitrogens with zero attached hydrogens (tertiary/aromatic N) is 3. The first-order valence-electron chi connectivity index (χ1n) is 4.91. The van der Waals surface area contributed by atoms with Gasteiger partial charge < -0.3 is 10.3 Å². The van der Waals surface area contributed by atoms with E-state index in [1.807, 2.05) is 7.05 Å². The average Bonchev–Trinajstić information content (AvgIpc) is 2.34. The fraction of sp³-hybridized carbons (Fsp3) is 0.778. The van der Waals surface area contributed by atoms with Gasteiger partial charge in [-0.2, -0.15) is 0 Å². The lowest BCUT2D eigenvalue weighted by atomic mass is 9.85. The first-order chi connectivity index (χ1) is 6.33. The van der Waals surface area contributed by atoms with Crippen LogP contribution in [0.2, 0.25) is 0 Å². The van der Waals surface area contributed by atoms with Crippen molar-refractivity contribution in [3.63, 3.8) is 0 Å². The predicted molar refractivity (Wildman–Crippen MR) is 50.4 cm³/mol. The molecule has 0 unspecified atom stereocenters. The van der Waals surface area contributed by atoms with Crippen LogP contribution in [0.15, 0.2) is 0 Å². The molecule has 0 spiro atoms. The number of nitrogens with two attached hydrogens (primary N) is 1. The van der Waals surface area contributed by atoms with E-state index in [0.717, 1.165) is 18.1 Å². The number of aromatic nitrogens is 3. The van der Waals surface area contributed by atoms with Gasteiger partial charge in [0.15, 0.2) is 0 Å². The summed E-state index contributed by atoms with van der Waals surface area (Å²) in [5.74, 6) is 2.82. The first kappa shape index (κ1) is 8.69. The lowest BCUT2D eigenvalue weighted by molar-refractivity contribution is 0.391. The monoisotopic (exact) mass is 180 g/mol. The molecule has 4 heteroatoms. The van der Waals surface area contributed by atoms with E-state index in [1.165, 1.54) is 19.3 Å². The maximum atomic E-state index is 5.48. The topological polar surface area (TPSA) is 56.7 Å². The summed E-state index contributed by atoms with van der Waals surface area (Å²) in [5.41, 5.74) is 5.48. The maximum absolute atomic E-state index is 5.48. The van der Waals surface area contributed by atoms with Crippen molar-refractivity contribution in [3.8, 4) is 0 Å². The second kappa shape index (κ2) is 3.46. The summed E-state index contributed by atoms with van der Waals surface area (Å²) in [6.07, 6.45) is 4.71. The van der Waals surface area contributed by atoms with Gasteiger partial charge in [0.25, 0.3) is 0 Å². The van der Waals surface area contributed by atoms with Crippen LogP contribution < -0.4 is 5.73 Å². The molecule has 72 valence electrons. The van der Waals surface area contributed by atoms with Gasteiger partial charge in [0.1, 0.15) is 11.6 Å². The Hall–Kier alpha value is -0.900. The van der Waals surface area contributed by atoms with Crippen LogP contribution in [0.1, 0.15) is 36.8 Å². The molecular formula is C9H16N4. The highest BCUT2D eigenvalue weighted by Gasteiger charge is 2.24. The Morgan fingerprint density at radius 1 is 1.46 bits per heavy atom. The van der Waals surface area contributed by atoms with E-state index in [-0.39, 0.29) is 0 Å². The SMILES string of the molecule is Cn1c(CCN)nnc1C1CCC1. The van der Waals surface area contributed by atoms with Crippen LogP contribution in [0.25, 0.3) is 0 Å². The summed E-state index contributed by atoms with van der Waals surface area (Å²) in [6, 6.07) is 0. The molecule has 4 nitrogen and oxygen atoms in total.